The van der Waals surface area contributed by atoms with E-state index >= 15 is 0 Å². The minimum Gasteiger partial charge on any atom is -0.383 e. The van der Waals surface area contributed by atoms with Gasteiger partial charge in [-0.1, -0.05) is 48.5 Å². The number of hydrogen-bond donors (Lipinski definition) is 1. The van der Waals surface area contributed by atoms with E-state index in [4.69, 9.17) is 0 Å². The Kier molecular flexibility index (Phi) is 5.34. The van der Waals surface area contributed by atoms with Crippen LogP contribution in [0.3, 0.4) is 0 Å². The zero-order chi connectivity index (χ0) is 20.3. The molecule has 0 fully saturated rings. The summed E-state index contributed by atoms with van der Waals surface area (Å²) < 4.78 is 28.6. The third-order valence-corrected chi connectivity index (χ3v) is 7.07. The molecule has 0 aromatic heterocycles. The van der Waals surface area contributed by atoms with Gasteiger partial charge in [0.05, 0.1) is 16.5 Å². The lowest BCUT2D eigenvalue weighted by atomic mass is 9.97. The van der Waals surface area contributed by atoms with Gasteiger partial charge < -0.3 is 5.32 Å². The molecule has 1 aliphatic rings. The molecule has 29 heavy (non-hydrogen) atoms. The largest absolute Gasteiger partial charge is 0.383 e. The van der Waals surface area contributed by atoms with Crippen molar-refractivity contribution >= 4 is 15.7 Å². The van der Waals surface area contributed by atoms with Gasteiger partial charge in [-0.2, -0.15) is 9.57 Å². The van der Waals surface area contributed by atoms with Gasteiger partial charge in [0.2, 0.25) is 10.0 Å². The van der Waals surface area contributed by atoms with Gasteiger partial charge in [0.25, 0.3) is 0 Å². The molecule has 5 nitrogen and oxygen atoms in total. The quantitative estimate of drug-likeness (QED) is 0.704. The molecule has 0 aliphatic carbocycles. The highest BCUT2D eigenvalue weighted by Crippen LogP contribution is 2.29. The number of nitrogens with zero attached hydrogens (tertiary/aromatic N) is 2. The number of rotatable bonds is 5. The maximum Gasteiger partial charge on any atom is 0.243 e. The van der Waals surface area contributed by atoms with E-state index in [1.807, 2.05) is 48.5 Å². The Labute approximate surface area is 171 Å². The van der Waals surface area contributed by atoms with Crippen LogP contribution in [0.5, 0.6) is 0 Å². The van der Waals surface area contributed by atoms with E-state index in [9.17, 15) is 13.7 Å². The average molecular weight is 404 g/mol. The van der Waals surface area contributed by atoms with E-state index in [0.717, 1.165) is 16.8 Å². The van der Waals surface area contributed by atoms with Crippen LogP contribution in [0.15, 0.2) is 83.8 Å². The predicted molar refractivity (Wildman–Crippen MR) is 113 cm³/mol. The number of benzene rings is 3. The maximum absolute atomic E-state index is 13.5. The van der Waals surface area contributed by atoms with Crippen molar-refractivity contribution in [3.63, 3.8) is 0 Å². The van der Waals surface area contributed by atoms with Crippen LogP contribution in [0, 0.1) is 11.3 Å². The Bertz CT molecular complexity index is 1140. The molecule has 0 spiro atoms. The first-order valence-electron chi connectivity index (χ1n) is 9.45. The number of fused-ring (bicyclic) bond motifs is 1. The fourth-order valence-corrected chi connectivity index (χ4v) is 5.30. The van der Waals surface area contributed by atoms with Crippen molar-refractivity contribution in [1.82, 2.24) is 4.31 Å². The molecule has 4 rings (SSSR count). The lowest BCUT2D eigenvalue weighted by Crippen LogP contribution is -2.46. The number of sulfonamides is 1. The molecule has 1 N–H and O–H groups in total. The molecule has 1 aliphatic heterocycles. The summed E-state index contributed by atoms with van der Waals surface area (Å²) in [6, 6.07) is 25.6. The van der Waals surface area contributed by atoms with Gasteiger partial charge in [0.1, 0.15) is 0 Å². The summed E-state index contributed by atoms with van der Waals surface area (Å²) >= 11 is 0. The van der Waals surface area contributed by atoms with Gasteiger partial charge in [0, 0.05) is 24.8 Å². The molecule has 6 heteroatoms. The van der Waals surface area contributed by atoms with Crippen molar-refractivity contribution < 1.29 is 8.42 Å². The van der Waals surface area contributed by atoms with Crippen LogP contribution < -0.4 is 5.32 Å². The van der Waals surface area contributed by atoms with Gasteiger partial charge in [-0.05, 0) is 47.9 Å². The zero-order valence-electron chi connectivity index (χ0n) is 15.8. The van der Waals surface area contributed by atoms with Gasteiger partial charge >= 0.3 is 0 Å². The van der Waals surface area contributed by atoms with Crippen molar-refractivity contribution in [2.75, 3.05) is 11.9 Å². The topological polar surface area (TPSA) is 73.2 Å². The third-order valence-electron chi connectivity index (χ3n) is 5.16. The first-order valence-corrected chi connectivity index (χ1v) is 10.9. The number of nitriles is 1. The Balaban J connectivity index is 1.72. The van der Waals surface area contributed by atoms with Crippen molar-refractivity contribution in [2.24, 2.45) is 0 Å². The number of nitrogens with one attached hydrogen (secondary N) is 1. The van der Waals surface area contributed by atoms with Crippen LogP contribution in [0.25, 0.3) is 0 Å². The lowest BCUT2D eigenvalue weighted by molar-refractivity contribution is 0.316. The first-order chi connectivity index (χ1) is 14.1. The SMILES string of the molecule is N#Cc1ccc2c(c1)C[C@@H](N(Cc1ccccc1)S(=O)(=O)c1ccccc1)CN2. The summed E-state index contributed by atoms with van der Waals surface area (Å²) in [6.45, 7) is 0.801. The van der Waals surface area contributed by atoms with Crippen molar-refractivity contribution in [3.8, 4) is 6.07 Å². The van der Waals surface area contributed by atoms with Crippen LogP contribution in [0.2, 0.25) is 0 Å². The van der Waals surface area contributed by atoms with Crippen LogP contribution in [0.4, 0.5) is 5.69 Å². The van der Waals surface area contributed by atoms with Gasteiger partial charge in [-0.3, -0.25) is 0 Å². The Morgan fingerprint density at radius 3 is 2.38 bits per heavy atom. The summed E-state index contributed by atoms with van der Waals surface area (Å²) in [4.78, 5) is 0.285. The van der Waals surface area contributed by atoms with E-state index in [1.54, 1.807) is 34.6 Å². The van der Waals surface area contributed by atoms with Crippen LogP contribution in [-0.4, -0.2) is 25.3 Å². The van der Waals surface area contributed by atoms with E-state index < -0.39 is 10.0 Å². The minimum absolute atomic E-state index is 0.262. The molecule has 146 valence electrons. The van der Waals surface area contributed by atoms with E-state index in [2.05, 4.69) is 11.4 Å². The predicted octanol–water partition coefficient (Wildman–Crippen LogP) is 3.79. The normalized spacial score (nSPS) is 15.9. The average Bonchev–Trinajstić information content (AvgIpc) is 2.78. The molecule has 0 amide bonds. The first kappa shape index (κ1) is 19.2. The lowest BCUT2D eigenvalue weighted by Gasteiger charge is -2.35. The molecule has 3 aromatic rings. The highest BCUT2D eigenvalue weighted by Gasteiger charge is 2.34. The van der Waals surface area contributed by atoms with Crippen molar-refractivity contribution in [2.45, 2.75) is 23.9 Å². The van der Waals surface area contributed by atoms with Gasteiger partial charge in [-0.15, -0.1) is 0 Å². The minimum atomic E-state index is -3.69. The van der Waals surface area contributed by atoms with E-state index in [0.29, 0.717) is 18.5 Å². The molecular formula is C23H21N3O2S. The molecule has 0 bridgehead atoms. The fourth-order valence-electron chi connectivity index (χ4n) is 3.66. The summed E-state index contributed by atoms with van der Waals surface area (Å²) in [5.41, 5.74) is 3.42. The Hall–Kier alpha value is -3.14. The van der Waals surface area contributed by atoms with Crippen molar-refractivity contribution in [3.05, 3.63) is 95.6 Å². The fraction of sp³-hybridized carbons (Fsp3) is 0.174. The van der Waals surface area contributed by atoms with E-state index in [-0.39, 0.29) is 17.5 Å². The second-order valence-corrected chi connectivity index (χ2v) is 8.96. The van der Waals surface area contributed by atoms with Crippen LogP contribution in [-0.2, 0) is 23.0 Å². The summed E-state index contributed by atoms with van der Waals surface area (Å²) in [6.07, 6.45) is 0.552. The summed E-state index contributed by atoms with van der Waals surface area (Å²) in [5.74, 6) is 0. The Morgan fingerprint density at radius 1 is 1.00 bits per heavy atom. The molecule has 1 atom stereocenters. The highest BCUT2D eigenvalue weighted by atomic mass is 32.2. The molecule has 3 aromatic carbocycles. The van der Waals surface area contributed by atoms with Gasteiger partial charge in [0.15, 0.2) is 0 Å². The molecule has 0 saturated heterocycles. The Morgan fingerprint density at radius 2 is 1.69 bits per heavy atom. The highest BCUT2D eigenvalue weighted by molar-refractivity contribution is 7.89. The zero-order valence-corrected chi connectivity index (χ0v) is 16.6. The maximum atomic E-state index is 13.5. The third kappa shape index (κ3) is 4.02. The summed E-state index contributed by atoms with van der Waals surface area (Å²) in [7, 11) is -3.69. The van der Waals surface area contributed by atoms with Crippen LogP contribution >= 0.6 is 0 Å². The molecule has 0 saturated carbocycles. The standard InChI is InChI=1S/C23H21N3O2S/c24-15-19-11-12-23-20(13-19)14-21(16-25-23)26(17-18-7-3-1-4-8-18)29(27,28)22-9-5-2-6-10-22/h1-13,21,25H,14,16-17H2/t21-/m1/s1. The second-order valence-electron chi connectivity index (χ2n) is 7.07. The van der Waals surface area contributed by atoms with Crippen LogP contribution in [0.1, 0.15) is 16.7 Å². The van der Waals surface area contributed by atoms with Gasteiger partial charge in [-0.25, -0.2) is 8.42 Å². The van der Waals surface area contributed by atoms with E-state index in [1.165, 1.54) is 0 Å². The molecule has 0 unspecified atom stereocenters. The molecule has 1 heterocycles. The summed E-state index contributed by atoms with van der Waals surface area (Å²) in [5, 5.41) is 12.5. The number of hydrogen-bond acceptors (Lipinski definition) is 4. The monoisotopic (exact) mass is 403 g/mol. The number of anilines is 1. The molecule has 0 radical (unpaired) electrons. The van der Waals surface area contributed by atoms with Crippen molar-refractivity contribution in [1.29, 1.82) is 5.26 Å². The smallest absolute Gasteiger partial charge is 0.243 e. The molecular weight excluding hydrogens is 382 g/mol. The second kappa shape index (κ2) is 8.08.